The summed E-state index contributed by atoms with van der Waals surface area (Å²) in [5.74, 6) is 1.56. The van der Waals surface area contributed by atoms with E-state index in [1.807, 2.05) is 0 Å². The van der Waals surface area contributed by atoms with E-state index in [9.17, 15) is 4.79 Å². The number of fused-ring (bicyclic) bond motifs is 3. The van der Waals surface area contributed by atoms with Crippen molar-refractivity contribution in [3.63, 3.8) is 0 Å². The predicted molar refractivity (Wildman–Crippen MR) is 76.0 cm³/mol. The standard InChI is InChI=1S/C16H22N2O/c1-2-17-9-10-18-16(19)15-13-8-7-11-5-3-4-6-12(11)14(13)15/h3-6,13-15,17H,2,7-10H2,1H3,(H,18,19). The van der Waals surface area contributed by atoms with Crippen LogP contribution in [0.15, 0.2) is 24.3 Å². The zero-order valence-corrected chi connectivity index (χ0v) is 11.5. The van der Waals surface area contributed by atoms with Crippen LogP contribution >= 0.6 is 0 Å². The first-order valence-electron chi connectivity index (χ1n) is 7.39. The molecule has 2 N–H and O–H groups in total. The first-order chi connectivity index (χ1) is 9.33. The highest BCUT2D eigenvalue weighted by atomic mass is 16.2. The van der Waals surface area contributed by atoms with Crippen LogP contribution < -0.4 is 10.6 Å². The van der Waals surface area contributed by atoms with Gasteiger partial charge in [-0.25, -0.2) is 0 Å². The van der Waals surface area contributed by atoms with E-state index in [1.54, 1.807) is 0 Å². The summed E-state index contributed by atoms with van der Waals surface area (Å²) >= 11 is 0. The van der Waals surface area contributed by atoms with Gasteiger partial charge in [0.25, 0.3) is 0 Å². The Kier molecular flexibility index (Phi) is 3.56. The van der Waals surface area contributed by atoms with Crippen molar-refractivity contribution >= 4 is 5.91 Å². The smallest absolute Gasteiger partial charge is 0.224 e. The maximum Gasteiger partial charge on any atom is 0.224 e. The number of nitrogens with one attached hydrogen (secondary N) is 2. The lowest BCUT2D eigenvalue weighted by atomic mass is 9.92. The zero-order valence-electron chi connectivity index (χ0n) is 11.5. The fourth-order valence-corrected chi connectivity index (χ4v) is 3.49. The highest BCUT2D eigenvalue weighted by Gasteiger charge is 2.56. The molecule has 0 saturated heterocycles. The van der Waals surface area contributed by atoms with Gasteiger partial charge in [-0.05, 0) is 42.3 Å². The van der Waals surface area contributed by atoms with Crippen LogP contribution in [0.4, 0.5) is 0 Å². The summed E-state index contributed by atoms with van der Waals surface area (Å²) in [5, 5.41) is 6.29. The Labute approximate surface area is 114 Å². The number of aryl methyl sites for hydroxylation is 1. The summed E-state index contributed by atoms with van der Waals surface area (Å²) in [5.41, 5.74) is 2.87. The first kappa shape index (κ1) is 12.7. The minimum absolute atomic E-state index is 0.227. The van der Waals surface area contributed by atoms with Crippen molar-refractivity contribution in [2.75, 3.05) is 19.6 Å². The number of carbonyl (C=O) groups excluding carboxylic acids is 1. The normalized spacial score (nSPS) is 27.3. The Bertz CT molecular complexity index is 472. The van der Waals surface area contributed by atoms with Gasteiger partial charge in [0, 0.05) is 19.0 Å². The van der Waals surface area contributed by atoms with Crippen LogP contribution in [0.3, 0.4) is 0 Å². The van der Waals surface area contributed by atoms with Crippen LogP contribution in [-0.4, -0.2) is 25.5 Å². The number of benzene rings is 1. The average Bonchev–Trinajstić information content (AvgIpc) is 3.18. The Morgan fingerprint density at radius 1 is 1.32 bits per heavy atom. The van der Waals surface area contributed by atoms with E-state index in [4.69, 9.17) is 0 Å². The minimum Gasteiger partial charge on any atom is -0.355 e. The second-order valence-electron chi connectivity index (χ2n) is 5.60. The molecule has 1 saturated carbocycles. The molecule has 0 aliphatic heterocycles. The molecular formula is C16H22N2O. The summed E-state index contributed by atoms with van der Waals surface area (Å²) in [6.45, 7) is 4.64. The molecule has 0 bridgehead atoms. The van der Waals surface area contributed by atoms with Crippen molar-refractivity contribution in [3.05, 3.63) is 35.4 Å². The zero-order chi connectivity index (χ0) is 13.2. The topological polar surface area (TPSA) is 41.1 Å². The molecule has 2 aliphatic carbocycles. The highest BCUT2D eigenvalue weighted by molar-refractivity contribution is 5.84. The minimum atomic E-state index is 0.227. The third-order valence-electron chi connectivity index (χ3n) is 4.48. The van der Waals surface area contributed by atoms with E-state index in [2.05, 4.69) is 41.8 Å². The van der Waals surface area contributed by atoms with Gasteiger partial charge in [-0.1, -0.05) is 31.2 Å². The number of amides is 1. The van der Waals surface area contributed by atoms with Gasteiger partial charge in [-0.15, -0.1) is 0 Å². The van der Waals surface area contributed by atoms with Gasteiger partial charge in [0.2, 0.25) is 5.91 Å². The maximum absolute atomic E-state index is 12.2. The molecular weight excluding hydrogens is 236 g/mol. The summed E-state index contributed by atoms with van der Waals surface area (Å²) in [6.07, 6.45) is 2.31. The van der Waals surface area contributed by atoms with Crippen LogP contribution in [0.25, 0.3) is 0 Å². The van der Waals surface area contributed by atoms with E-state index in [0.717, 1.165) is 26.1 Å². The molecule has 0 spiro atoms. The molecule has 102 valence electrons. The molecule has 1 amide bonds. The Morgan fingerprint density at radius 3 is 3.00 bits per heavy atom. The number of rotatable bonds is 5. The van der Waals surface area contributed by atoms with Crippen LogP contribution in [0, 0.1) is 11.8 Å². The fourth-order valence-electron chi connectivity index (χ4n) is 3.49. The van der Waals surface area contributed by atoms with Crippen molar-refractivity contribution in [3.8, 4) is 0 Å². The molecule has 1 fully saturated rings. The number of hydrogen-bond acceptors (Lipinski definition) is 2. The molecule has 0 aromatic heterocycles. The van der Waals surface area contributed by atoms with E-state index >= 15 is 0 Å². The van der Waals surface area contributed by atoms with Gasteiger partial charge in [0.05, 0.1) is 0 Å². The summed E-state index contributed by atoms with van der Waals surface area (Å²) in [7, 11) is 0. The van der Waals surface area contributed by atoms with E-state index < -0.39 is 0 Å². The highest BCUT2D eigenvalue weighted by Crippen LogP contribution is 2.59. The molecule has 3 nitrogen and oxygen atoms in total. The molecule has 3 rings (SSSR count). The quantitative estimate of drug-likeness (QED) is 0.789. The molecule has 2 aliphatic rings. The van der Waals surface area contributed by atoms with Crippen molar-refractivity contribution in [2.24, 2.45) is 11.8 Å². The van der Waals surface area contributed by atoms with Gasteiger partial charge in [0.1, 0.15) is 0 Å². The number of hydrogen-bond donors (Lipinski definition) is 2. The third-order valence-corrected chi connectivity index (χ3v) is 4.48. The van der Waals surface area contributed by atoms with Crippen LogP contribution in [0.5, 0.6) is 0 Å². The Morgan fingerprint density at radius 2 is 2.16 bits per heavy atom. The number of carbonyl (C=O) groups is 1. The van der Waals surface area contributed by atoms with E-state index in [1.165, 1.54) is 17.5 Å². The van der Waals surface area contributed by atoms with Crippen LogP contribution in [0.2, 0.25) is 0 Å². The Balaban J connectivity index is 1.59. The molecule has 3 atom stereocenters. The fraction of sp³-hybridized carbons (Fsp3) is 0.562. The van der Waals surface area contributed by atoms with E-state index in [0.29, 0.717) is 11.8 Å². The SMILES string of the molecule is CCNCCNC(=O)C1C2CCc3ccccc3C21. The van der Waals surface area contributed by atoms with E-state index in [-0.39, 0.29) is 11.8 Å². The molecule has 1 aromatic carbocycles. The molecule has 1 aromatic rings. The lowest BCUT2D eigenvalue weighted by Gasteiger charge is -2.13. The van der Waals surface area contributed by atoms with Crippen molar-refractivity contribution < 1.29 is 4.79 Å². The Hall–Kier alpha value is -1.35. The van der Waals surface area contributed by atoms with Crippen molar-refractivity contribution in [2.45, 2.75) is 25.7 Å². The van der Waals surface area contributed by atoms with Gasteiger partial charge >= 0.3 is 0 Å². The first-order valence-corrected chi connectivity index (χ1v) is 7.39. The molecule has 3 unspecified atom stereocenters. The lowest BCUT2D eigenvalue weighted by Crippen LogP contribution is -2.33. The lowest BCUT2D eigenvalue weighted by molar-refractivity contribution is -0.122. The monoisotopic (exact) mass is 258 g/mol. The van der Waals surface area contributed by atoms with Crippen LogP contribution in [0.1, 0.15) is 30.4 Å². The van der Waals surface area contributed by atoms with Crippen molar-refractivity contribution in [1.82, 2.24) is 10.6 Å². The predicted octanol–water partition coefficient (Wildman–Crippen LogP) is 1.69. The van der Waals surface area contributed by atoms with Gasteiger partial charge in [-0.3, -0.25) is 4.79 Å². The third kappa shape index (κ3) is 2.39. The number of likely N-dealkylation sites (N-methyl/N-ethyl adjacent to an activating group) is 1. The second kappa shape index (κ2) is 5.33. The molecule has 0 heterocycles. The van der Waals surface area contributed by atoms with Gasteiger partial charge in [0.15, 0.2) is 0 Å². The second-order valence-corrected chi connectivity index (χ2v) is 5.60. The summed E-state index contributed by atoms with van der Waals surface area (Å²) < 4.78 is 0. The summed E-state index contributed by atoms with van der Waals surface area (Å²) in [4.78, 5) is 12.2. The molecule has 19 heavy (non-hydrogen) atoms. The maximum atomic E-state index is 12.2. The largest absolute Gasteiger partial charge is 0.355 e. The van der Waals surface area contributed by atoms with Crippen LogP contribution in [-0.2, 0) is 11.2 Å². The average molecular weight is 258 g/mol. The molecule has 3 heteroatoms. The molecule has 0 radical (unpaired) electrons. The van der Waals surface area contributed by atoms with Gasteiger partial charge in [-0.2, -0.15) is 0 Å². The van der Waals surface area contributed by atoms with Gasteiger partial charge < -0.3 is 10.6 Å². The summed E-state index contributed by atoms with van der Waals surface area (Å²) in [6, 6.07) is 8.62. The van der Waals surface area contributed by atoms with Crippen molar-refractivity contribution in [1.29, 1.82) is 0 Å².